The van der Waals surface area contributed by atoms with Gasteiger partial charge in [0.15, 0.2) is 0 Å². The molecule has 0 aliphatic heterocycles. The fourth-order valence-electron chi connectivity index (χ4n) is 3.49. The SMILES string of the molecule is C.CCCCc1ccccc1C1=CC(CC)(CC)C(N)(N)C=C1. The average Bonchev–Trinajstić information content (AvgIpc) is 2.53. The maximum absolute atomic E-state index is 6.38. The lowest BCUT2D eigenvalue weighted by Gasteiger charge is -2.44. The Morgan fingerprint density at radius 1 is 1.00 bits per heavy atom. The molecule has 128 valence electrons. The van der Waals surface area contributed by atoms with Crippen molar-refractivity contribution in [3.8, 4) is 0 Å². The van der Waals surface area contributed by atoms with Crippen LogP contribution in [0.25, 0.3) is 5.57 Å². The van der Waals surface area contributed by atoms with Gasteiger partial charge in [-0.05, 0) is 48.5 Å². The van der Waals surface area contributed by atoms with Crippen molar-refractivity contribution in [2.45, 2.75) is 66.0 Å². The fourth-order valence-corrected chi connectivity index (χ4v) is 3.49. The Balaban J connectivity index is 0.00000264. The molecule has 0 unspecified atom stereocenters. The predicted molar refractivity (Wildman–Crippen MR) is 103 cm³/mol. The van der Waals surface area contributed by atoms with Gasteiger partial charge in [-0.3, -0.25) is 0 Å². The van der Waals surface area contributed by atoms with Crippen molar-refractivity contribution in [3.05, 3.63) is 53.6 Å². The molecule has 1 aliphatic carbocycles. The van der Waals surface area contributed by atoms with Crippen molar-refractivity contribution in [3.63, 3.8) is 0 Å². The zero-order chi connectivity index (χ0) is 16.2. The zero-order valence-electron chi connectivity index (χ0n) is 14.2. The Morgan fingerprint density at radius 3 is 2.26 bits per heavy atom. The van der Waals surface area contributed by atoms with E-state index in [2.05, 4.69) is 57.2 Å². The Bertz CT molecular complexity index is 563. The first kappa shape index (κ1) is 19.7. The first-order valence-electron chi connectivity index (χ1n) is 8.57. The number of nitrogens with two attached hydrogens (primary N) is 2. The van der Waals surface area contributed by atoms with Crippen LogP contribution in [0, 0.1) is 5.41 Å². The monoisotopic (exact) mass is 314 g/mol. The van der Waals surface area contributed by atoms with Crippen molar-refractivity contribution in [2.24, 2.45) is 16.9 Å². The summed E-state index contributed by atoms with van der Waals surface area (Å²) in [7, 11) is 0. The Hall–Kier alpha value is -1.38. The molecule has 0 atom stereocenters. The lowest BCUT2D eigenvalue weighted by Crippen LogP contribution is -2.61. The first-order chi connectivity index (χ1) is 10.5. The number of benzene rings is 1. The molecule has 0 heterocycles. The van der Waals surface area contributed by atoms with E-state index in [1.807, 2.05) is 6.08 Å². The lowest BCUT2D eigenvalue weighted by molar-refractivity contribution is 0.214. The summed E-state index contributed by atoms with van der Waals surface area (Å²) in [5, 5.41) is 0. The molecule has 23 heavy (non-hydrogen) atoms. The fraction of sp³-hybridized carbons (Fsp3) is 0.524. The van der Waals surface area contributed by atoms with Gasteiger partial charge in [0.25, 0.3) is 0 Å². The highest BCUT2D eigenvalue weighted by atomic mass is 15.0. The Labute approximate surface area is 142 Å². The molecule has 0 aromatic heterocycles. The van der Waals surface area contributed by atoms with E-state index in [4.69, 9.17) is 11.5 Å². The molecule has 0 fully saturated rings. The molecule has 0 saturated heterocycles. The number of allylic oxidation sites excluding steroid dienone is 2. The topological polar surface area (TPSA) is 52.0 Å². The summed E-state index contributed by atoms with van der Waals surface area (Å²) in [6.45, 7) is 6.58. The molecule has 4 N–H and O–H groups in total. The molecule has 0 spiro atoms. The quantitative estimate of drug-likeness (QED) is 0.723. The van der Waals surface area contributed by atoms with Gasteiger partial charge in [0.05, 0.1) is 5.66 Å². The van der Waals surface area contributed by atoms with Crippen LogP contribution in [0.2, 0.25) is 0 Å². The van der Waals surface area contributed by atoms with E-state index in [1.165, 1.54) is 29.5 Å². The minimum Gasteiger partial charge on any atom is -0.309 e. The van der Waals surface area contributed by atoms with E-state index >= 15 is 0 Å². The molecule has 1 aromatic carbocycles. The molecule has 1 aromatic rings. The molecule has 2 heteroatoms. The van der Waals surface area contributed by atoms with Crippen LogP contribution in [-0.4, -0.2) is 5.66 Å². The molecular formula is C21H34N2. The van der Waals surface area contributed by atoms with E-state index in [9.17, 15) is 0 Å². The number of hydrogen-bond donors (Lipinski definition) is 2. The van der Waals surface area contributed by atoms with Crippen molar-refractivity contribution in [2.75, 3.05) is 0 Å². The number of hydrogen-bond acceptors (Lipinski definition) is 2. The third kappa shape index (κ3) is 3.76. The largest absolute Gasteiger partial charge is 0.309 e. The van der Waals surface area contributed by atoms with E-state index in [1.54, 1.807) is 0 Å². The molecule has 0 saturated carbocycles. The van der Waals surface area contributed by atoms with Gasteiger partial charge in [0.2, 0.25) is 0 Å². The zero-order valence-corrected chi connectivity index (χ0v) is 14.2. The van der Waals surface area contributed by atoms with Crippen LogP contribution in [0.4, 0.5) is 0 Å². The van der Waals surface area contributed by atoms with Crippen LogP contribution in [0.5, 0.6) is 0 Å². The van der Waals surface area contributed by atoms with Gasteiger partial charge in [-0.1, -0.05) is 71.0 Å². The number of aryl methyl sites for hydroxylation is 1. The Morgan fingerprint density at radius 2 is 1.65 bits per heavy atom. The highest BCUT2D eigenvalue weighted by molar-refractivity contribution is 5.78. The predicted octanol–water partition coefficient (Wildman–Crippen LogP) is 5.04. The van der Waals surface area contributed by atoms with E-state index < -0.39 is 5.66 Å². The van der Waals surface area contributed by atoms with Crippen LogP contribution in [0.3, 0.4) is 0 Å². The van der Waals surface area contributed by atoms with Crippen LogP contribution >= 0.6 is 0 Å². The van der Waals surface area contributed by atoms with Gasteiger partial charge in [0, 0.05) is 5.41 Å². The third-order valence-electron chi connectivity index (χ3n) is 5.22. The van der Waals surface area contributed by atoms with Crippen LogP contribution < -0.4 is 11.5 Å². The maximum Gasteiger partial charge on any atom is 0.0924 e. The molecule has 0 amide bonds. The molecule has 0 radical (unpaired) electrons. The summed E-state index contributed by atoms with van der Waals surface area (Å²) in [6, 6.07) is 8.71. The lowest BCUT2D eigenvalue weighted by atomic mass is 9.67. The molecule has 2 rings (SSSR count). The molecule has 1 aliphatic rings. The second kappa shape index (κ2) is 7.94. The Kier molecular flexibility index (Phi) is 6.79. The van der Waals surface area contributed by atoms with Crippen molar-refractivity contribution >= 4 is 5.57 Å². The van der Waals surface area contributed by atoms with E-state index in [0.29, 0.717) is 0 Å². The first-order valence-corrected chi connectivity index (χ1v) is 8.57. The average molecular weight is 315 g/mol. The summed E-state index contributed by atoms with van der Waals surface area (Å²) >= 11 is 0. The van der Waals surface area contributed by atoms with Gasteiger partial charge < -0.3 is 11.5 Å². The highest BCUT2D eigenvalue weighted by Crippen LogP contribution is 2.43. The van der Waals surface area contributed by atoms with Gasteiger partial charge in [-0.25, -0.2) is 0 Å². The summed E-state index contributed by atoms with van der Waals surface area (Å²) in [6.07, 6.45) is 11.9. The second-order valence-electron chi connectivity index (χ2n) is 6.49. The summed E-state index contributed by atoms with van der Waals surface area (Å²) in [5.41, 5.74) is 15.8. The van der Waals surface area contributed by atoms with Crippen LogP contribution in [0.15, 0.2) is 42.5 Å². The number of unbranched alkanes of at least 4 members (excludes halogenated alkanes) is 1. The number of rotatable bonds is 6. The highest BCUT2D eigenvalue weighted by Gasteiger charge is 2.42. The summed E-state index contributed by atoms with van der Waals surface area (Å²) in [4.78, 5) is 0. The summed E-state index contributed by atoms with van der Waals surface area (Å²) < 4.78 is 0. The van der Waals surface area contributed by atoms with E-state index in [-0.39, 0.29) is 12.8 Å². The third-order valence-corrected chi connectivity index (χ3v) is 5.22. The molecular weight excluding hydrogens is 280 g/mol. The van der Waals surface area contributed by atoms with Gasteiger partial charge in [-0.2, -0.15) is 0 Å². The van der Waals surface area contributed by atoms with Gasteiger partial charge >= 0.3 is 0 Å². The standard InChI is InChI=1S/C20H30N2.CH4/c1-4-7-10-16-11-8-9-12-18(16)17-13-14-20(21,22)19(5-2,6-3)15-17;/h8-9,11-15H,4-7,10,21-22H2,1-3H3;1H4. The van der Waals surface area contributed by atoms with Crippen molar-refractivity contribution in [1.29, 1.82) is 0 Å². The summed E-state index contributed by atoms with van der Waals surface area (Å²) in [5.74, 6) is 0. The van der Waals surface area contributed by atoms with Gasteiger partial charge in [-0.15, -0.1) is 0 Å². The molecule has 0 bridgehead atoms. The normalized spacial score (nSPS) is 18.2. The van der Waals surface area contributed by atoms with E-state index in [0.717, 1.165) is 19.3 Å². The van der Waals surface area contributed by atoms with Crippen molar-refractivity contribution in [1.82, 2.24) is 0 Å². The second-order valence-corrected chi connectivity index (χ2v) is 6.49. The van der Waals surface area contributed by atoms with Crippen LogP contribution in [0.1, 0.15) is 65.0 Å². The van der Waals surface area contributed by atoms with Crippen LogP contribution in [-0.2, 0) is 6.42 Å². The van der Waals surface area contributed by atoms with Crippen molar-refractivity contribution < 1.29 is 0 Å². The van der Waals surface area contributed by atoms with Gasteiger partial charge in [0.1, 0.15) is 0 Å². The smallest absolute Gasteiger partial charge is 0.0924 e. The molecule has 2 nitrogen and oxygen atoms in total. The minimum atomic E-state index is -0.766. The maximum atomic E-state index is 6.38. The minimum absolute atomic E-state index is 0.